The van der Waals surface area contributed by atoms with Crippen LogP contribution < -0.4 is 21.3 Å². The van der Waals surface area contributed by atoms with Crippen LogP contribution in [0.1, 0.15) is 6.42 Å². The molecule has 1 saturated heterocycles. The Morgan fingerprint density at radius 1 is 1.43 bits per heavy atom. The fourth-order valence-electron chi connectivity index (χ4n) is 1.95. The van der Waals surface area contributed by atoms with E-state index in [2.05, 4.69) is 15.5 Å². The number of nitro groups is 1. The summed E-state index contributed by atoms with van der Waals surface area (Å²) >= 11 is 0. The van der Waals surface area contributed by atoms with Crippen molar-refractivity contribution in [1.29, 1.82) is 0 Å². The lowest BCUT2D eigenvalue weighted by molar-refractivity contribution is -0.387. The molecule has 1 aliphatic rings. The Hall–Kier alpha value is -2.24. The van der Waals surface area contributed by atoms with Crippen molar-refractivity contribution in [1.82, 2.24) is 10.0 Å². The van der Waals surface area contributed by atoms with Gasteiger partial charge in [0.15, 0.2) is 4.90 Å². The van der Waals surface area contributed by atoms with Gasteiger partial charge in [-0.2, -0.15) is 0 Å². The highest BCUT2D eigenvalue weighted by Crippen LogP contribution is 2.27. The second kappa shape index (κ2) is 5.63. The molecule has 11 heteroatoms. The number of amides is 1. The average Bonchev–Trinajstić information content (AvgIpc) is 2.82. The summed E-state index contributed by atoms with van der Waals surface area (Å²) in [6, 6.07) is 2.78. The van der Waals surface area contributed by atoms with Gasteiger partial charge >= 0.3 is 0 Å². The maximum absolute atomic E-state index is 12.2. The second-order valence-corrected chi connectivity index (χ2v) is 6.09. The Morgan fingerprint density at radius 3 is 2.67 bits per heavy atom. The van der Waals surface area contributed by atoms with Crippen LogP contribution in [0.15, 0.2) is 23.1 Å². The van der Waals surface area contributed by atoms with E-state index in [4.69, 9.17) is 5.84 Å². The largest absolute Gasteiger partial charge is 0.354 e. The summed E-state index contributed by atoms with van der Waals surface area (Å²) in [5.41, 5.74) is 1.81. The van der Waals surface area contributed by atoms with Crippen LogP contribution in [0.25, 0.3) is 0 Å². The number of benzene rings is 1. The molecule has 1 aromatic carbocycles. The molecule has 0 bridgehead atoms. The van der Waals surface area contributed by atoms with Crippen molar-refractivity contribution in [2.24, 2.45) is 5.84 Å². The van der Waals surface area contributed by atoms with E-state index in [1.807, 2.05) is 0 Å². The van der Waals surface area contributed by atoms with Crippen molar-refractivity contribution >= 4 is 27.3 Å². The van der Waals surface area contributed by atoms with Gasteiger partial charge in [0.1, 0.15) is 0 Å². The third-order valence-corrected chi connectivity index (χ3v) is 4.48. The number of nitrogens with two attached hydrogens (primary N) is 1. The molecule has 2 rings (SSSR count). The van der Waals surface area contributed by atoms with Crippen LogP contribution in [0.5, 0.6) is 0 Å². The summed E-state index contributed by atoms with van der Waals surface area (Å²) < 4.78 is 26.7. The minimum absolute atomic E-state index is 0.00450. The quantitative estimate of drug-likeness (QED) is 0.310. The lowest BCUT2D eigenvalue weighted by Gasteiger charge is -2.12. The molecular weight excluding hydrogens is 302 g/mol. The number of carbonyl (C=O) groups is 1. The number of nitrogens with one attached hydrogen (secondary N) is 3. The molecule has 0 spiro atoms. The lowest BCUT2D eigenvalue weighted by Crippen LogP contribution is -2.36. The van der Waals surface area contributed by atoms with Crippen molar-refractivity contribution < 1.29 is 18.1 Å². The number of carbonyl (C=O) groups excluding carboxylic acids is 1. The number of sulfonamides is 1. The van der Waals surface area contributed by atoms with Gasteiger partial charge in [0.2, 0.25) is 15.9 Å². The van der Waals surface area contributed by atoms with Gasteiger partial charge in [-0.05, 0) is 12.1 Å². The Morgan fingerprint density at radius 2 is 2.14 bits per heavy atom. The summed E-state index contributed by atoms with van der Waals surface area (Å²) in [4.78, 5) is 20.8. The molecule has 10 nitrogen and oxygen atoms in total. The SMILES string of the molecule is NNc1ccc(S(=O)(=O)NC2CNC(=O)C2)c([N+](=O)[O-])c1. The minimum atomic E-state index is -4.12. The molecule has 1 unspecified atom stereocenters. The number of nitrogens with zero attached hydrogens (tertiary/aromatic N) is 1. The highest BCUT2D eigenvalue weighted by atomic mass is 32.2. The molecule has 0 radical (unpaired) electrons. The van der Waals surface area contributed by atoms with Crippen molar-refractivity contribution in [3.05, 3.63) is 28.3 Å². The fourth-order valence-corrected chi connectivity index (χ4v) is 3.34. The van der Waals surface area contributed by atoms with Crippen LogP contribution in [0.4, 0.5) is 11.4 Å². The first kappa shape index (κ1) is 15.2. The number of hydrogen-bond donors (Lipinski definition) is 4. The summed E-state index contributed by atoms with van der Waals surface area (Å²) in [5.74, 6) is 4.86. The number of nitrogen functional groups attached to an aromatic ring is 1. The van der Waals surface area contributed by atoms with E-state index in [-0.39, 0.29) is 24.6 Å². The highest BCUT2D eigenvalue weighted by molar-refractivity contribution is 7.89. The number of rotatable bonds is 5. The van der Waals surface area contributed by atoms with Crippen LogP contribution in [0.2, 0.25) is 0 Å². The molecule has 0 aliphatic carbocycles. The molecular formula is C10H13N5O5S. The van der Waals surface area contributed by atoms with Gasteiger partial charge in [0.05, 0.1) is 10.6 Å². The first-order valence-electron chi connectivity index (χ1n) is 5.87. The molecule has 1 amide bonds. The summed E-state index contributed by atoms with van der Waals surface area (Å²) in [5, 5.41) is 13.5. The number of hydrazine groups is 1. The van der Waals surface area contributed by atoms with Crippen LogP contribution in [0.3, 0.4) is 0 Å². The van der Waals surface area contributed by atoms with E-state index in [0.717, 1.165) is 12.1 Å². The van der Waals surface area contributed by atoms with E-state index in [0.29, 0.717) is 0 Å². The Labute approximate surface area is 119 Å². The normalized spacial score (nSPS) is 18.3. The molecule has 1 aliphatic heterocycles. The highest BCUT2D eigenvalue weighted by Gasteiger charge is 2.31. The van der Waals surface area contributed by atoms with Gasteiger partial charge in [-0.3, -0.25) is 20.8 Å². The van der Waals surface area contributed by atoms with Gasteiger partial charge < -0.3 is 10.7 Å². The molecule has 0 saturated carbocycles. The Kier molecular flexibility index (Phi) is 4.06. The zero-order chi connectivity index (χ0) is 15.6. The van der Waals surface area contributed by atoms with Gasteiger partial charge in [-0.15, -0.1) is 0 Å². The molecule has 1 aromatic rings. The Balaban J connectivity index is 2.35. The third-order valence-electron chi connectivity index (χ3n) is 2.91. The van der Waals surface area contributed by atoms with Crippen molar-refractivity contribution in [2.45, 2.75) is 17.4 Å². The number of nitro benzene ring substituents is 1. The van der Waals surface area contributed by atoms with E-state index < -0.39 is 31.6 Å². The zero-order valence-electron chi connectivity index (χ0n) is 10.7. The molecule has 1 atom stereocenters. The molecule has 114 valence electrons. The molecule has 5 N–H and O–H groups in total. The fraction of sp³-hybridized carbons (Fsp3) is 0.300. The first-order chi connectivity index (χ1) is 9.83. The number of hydrogen-bond acceptors (Lipinski definition) is 7. The van der Waals surface area contributed by atoms with Crippen molar-refractivity contribution in [3.63, 3.8) is 0 Å². The van der Waals surface area contributed by atoms with Gasteiger partial charge in [-0.25, -0.2) is 13.1 Å². The summed E-state index contributed by atoms with van der Waals surface area (Å²) in [7, 11) is -4.12. The molecule has 1 heterocycles. The lowest BCUT2D eigenvalue weighted by atomic mass is 10.3. The van der Waals surface area contributed by atoms with Crippen molar-refractivity contribution in [2.75, 3.05) is 12.0 Å². The monoisotopic (exact) mass is 315 g/mol. The maximum Gasteiger partial charge on any atom is 0.291 e. The standard InChI is InChI=1S/C10H13N5O5S/c11-13-6-1-2-9(8(3-6)15(17)18)21(19,20)14-7-4-10(16)12-5-7/h1-3,7,13-14H,4-5,11H2,(H,12,16). The van der Waals surface area contributed by atoms with Crippen LogP contribution in [-0.4, -0.2) is 31.8 Å². The predicted octanol–water partition coefficient (Wildman–Crippen LogP) is -0.953. The van der Waals surface area contributed by atoms with E-state index >= 15 is 0 Å². The van der Waals surface area contributed by atoms with Crippen molar-refractivity contribution in [3.8, 4) is 0 Å². The van der Waals surface area contributed by atoms with E-state index in [9.17, 15) is 23.3 Å². The molecule has 0 aromatic heterocycles. The Bertz CT molecular complexity index is 689. The predicted molar refractivity (Wildman–Crippen MR) is 72.6 cm³/mol. The molecule has 1 fully saturated rings. The maximum atomic E-state index is 12.2. The summed E-state index contributed by atoms with van der Waals surface area (Å²) in [6.45, 7) is 0.147. The van der Waals surface area contributed by atoms with E-state index in [1.165, 1.54) is 6.07 Å². The van der Waals surface area contributed by atoms with Crippen LogP contribution >= 0.6 is 0 Å². The minimum Gasteiger partial charge on any atom is -0.354 e. The van der Waals surface area contributed by atoms with Gasteiger partial charge in [-0.1, -0.05) is 0 Å². The van der Waals surface area contributed by atoms with E-state index in [1.54, 1.807) is 0 Å². The second-order valence-electron chi connectivity index (χ2n) is 4.41. The molecule has 21 heavy (non-hydrogen) atoms. The number of anilines is 1. The third kappa shape index (κ3) is 3.26. The van der Waals surface area contributed by atoms with Crippen LogP contribution in [0, 0.1) is 10.1 Å². The summed E-state index contributed by atoms with van der Waals surface area (Å²) in [6.07, 6.45) is -0.00450. The average molecular weight is 315 g/mol. The first-order valence-corrected chi connectivity index (χ1v) is 7.36. The smallest absolute Gasteiger partial charge is 0.291 e. The topological polar surface area (TPSA) is 156 Å². The zero-order valence-corrected chi connectivity index (χ0v) is 11.5. The van der Waals surface area contributed by atoms with Gasteiger partial charge in [0.25, 0.3) is 5.69 Å². The van der Waals surface area contributed by atoms with Crippen LogP contribution in [-0.2, 0) is 14.8 Å². The van der Waals surface area contributed by atoms with Gasteiger partial charge in [0, 0.05) is 25.1 Å².